The Bertz CT molecular complexity index is 770. The first-order valence-corrected chi connectivity index (χ1v) is 11.6. The van der Waals surface area contributed by atoms with Gasteiger partial charge < -0.3 is 15.5 Å². The largest absolute Gasteiger partial charge is 0.544 e. The summed E-state index contributed by atoms with van der Waals surface area (Å²) in [7, 11) is -1.84. The zero-order chi connectivity index (χ0) is 18.4. The average Bonchev–Trinajstić information content (AvgIpc) is 2.80. The van der Waals surface area contributed by atoms with Crippen molar-refractivity contribution in [2.75, 3.05) is 0 Å². The highest BCUT2D eigenvalue weighted by Gasteiger charge is 2.20. The summed E-state index contributed by atoms with van der Waals surface area (Å²) in [6.45, 7) is 10.7. The number of hydrogen-bond acceptors (Lipinski definition) is 3. The molecule has 132 valence electrons. The van der Waals surface area contributed by atoms with E-state index in [4.69, 9.17) is 10.2 Å². The molecule has 0 saturated carbocycles. The summed E-state index contributed by atoms with van der Waals surface area (Å²) >= 11 is 0. The van der Waals surface area contributed by atoms with Crippen LogP contribution in [0.15, 0.2) is 72.3 Å². The number of rotatable bonds is 6. The highest BCUT2D eigenvalue weighted by molar-refractivity contribution is 6.70. The summed E-state index contributed by atoms with van der Waals surface area (Å²) in [4.78, 5) is 0. The van der Waals surface area contributed by atoms with E-state index in [0.717, 1.165) is 22.4 Å². The Balaban J connectivity index is 2.53. The first kappa shape index (κ1) is 19.0. The molecule has 1 heterocycles. The molecule has 0 spiro atoms. The van der Waals surface area contributed by atoms with Gasteiger partial charge in [0.15, 0.2) is 0 Å². The number of hydrogen-bond donors (Lipinski definition) is 2. The third-order valence-electron chi connectivity index (χ3n) is 3.47. The lowest BCUT2D eigenvalue weighted by atomic mass is 10.0. The van der Waals surface area contributed by atoms with Crippen LogP contribution in [0.2, 0.25) is 19.6 Å². The molecule has 25 heavy (non-hydrogen) atoms. The minimum absolute atomic E-state index is 0.304. The molecule has 0 fully saturated rings. The molecule has 0 amide bonds. The van der Waals surface area contributed by atoms with Crippen molar-refractivity contribution in [1.29, 1.82) is 0 Å². The summed E-state index contributed by atoms with van der Waals surface area (Å²) < 4.78 is 19.8. The maximum atomic E-state index is 13.7. The van der Waals surface area contributed by atoms with E-state index in [0.29, 0.717) is 12.3 Å². The normalized spacial score (nSPS) is 14.6. The van der Waals surface area contributed by atoms with E-state index in [2.05, 4.69) is 31.5 Å². The Hall–Kier alpha value is -2.37. The Morgan fingerprint density at radius 2 is 2.04 bits per heavy atom. The van der Waals surface area contributed by atoms with Gasteiger partial charge in [-0.05, 0) is 61.1 Å². The third kappa shape index (κ3) is 5.58. The molecule has 0 bridgehead atoms. The lowest BCUT2D eigenvalue weighted by Gasteiger charge is -2.24. The van der Waals surface area contributed by atoms with Gasteiger partial charge >= 0.3 is 0 Å². The van der Waals surface area contributed by atoms with E-state index in [1.54, 1.807) is 6.07 Å². The molecule has 1 aromatic rings. The van der Waals surface area contributed by atoms with Crippen molar-refractivity contribution in [3.63, 3.8) is 0 Å². The molecule has 0 saturated heterocycles. The predicted molar refractivity (Wildman–Crippen MR) is 105 cm³/mol. The van der Waals surface area contributed by atoms with Crippen molar-refractivity contribution in [3.05, 3.63) is 89.3 Å². The average molecular weight is 357 g/mol. The maximum Gasteiger partial charge on any atom is 0.242 e. The van der Waals surface area contributed by atoms with Crippen LogP contribution >= 0.6 is 0 Å². The van der Waals surface area contributed by atoms with Gasteiger partial charge in [0.05, 0.1) is 0 Å². The van der Waals surface area contributed by atoms with Crippen LogP contribution in [-0.2, 0) is 11.0 Å². The Labute approximate surface area is 150 Å². The minimum atomic E-state index is -1.84. The van der Waals surface area contributed by atoms with Crippen LogP contribution in [0.5, 0.6) is 0 Å². The van der Waals surface area contributed by atoms with E-state index in [9.17, 15) is 4.39 Å². The van der Waals surface area contributed by atoms with Gasteiger partial charge in [-0.15, -0.1) is 0 Å². The van der Waals surface area contributed by atoms with Crippen molar-refractivity contribution < 1.29 is 8.82 Å². The molecule has 0 aliphatic carbocycles. The molecule has 3 N–H and O–H groups in total. The molecule has 3 nitrogen and oxygen atoms in total. The van der Waals surface area contributed by atoms with Crippen molar-refractivity contribution in [1.82, 2.24) is 5.32 Å². The molecule has 0 unspecified atom stereocenters. The quantitative estimate of drug-likeness (QED) is 0.445. The lowest BCUT2D eigenvalue weighted by molar-refractivity contribution is 0.437. The molecule has 0 aromatic heterocycles. The van der Waals surface area contributed by atoms with Crippen molar-refractivity contribution in [3.8, 4) is 0 Å². The predicted octanol–water partition coefficient (Wildman–Crippen LogP) is 4.59. The van der Waals surface area contributed by atoms with Gasteiger partial charge in [0.2, 0.25) is 8.32 Å². The number of benzene rings is 1. The highest BCUT2D eigenvalue weighted by Crippen LogP contribution is 2.26. The molecule has 2 rings (SSSR count). The fourth-order valence-electron chi connectivity index (χ4n) is 2.40. The van der Waals surface area contributed by atoms with E-state index in [1.165, 1.54) is 12.1 Å². The Morgan fingerprint density at radius 3 is 2.72 bits per heavy atom. The van der Waals surface area contributed by atoms with Crippen molar-refractivity contribution >= 4 is 14.4 Å². The molecule has 5 heteroatoms. The van der Waals surface area contributed by atoms with Crippen LogP contribution in [0.25, 0.3) is 6.08 Å². The van der Waals surface area contributed by atoms with Gasteiger partial charge in [0.25, 0.3) is 0 Å². The number of nitrogens with two attached hydrogens (primary N) is 1. The van der Waals surface area contributed by atoms with Crippen LogP contribution in [0.1, 0.15) is 11.1 Å². The third-order valence-corrected chi connectivity index (χ3v) is 4.33. The molecular formula is C20H25FN2OSi. The fourth-order valence-corrected chi connectivity index (χ4v) is 3.25. The second-order valence-electron chi connectivity index (χ2n) is 6.71. The molecule has 0 atom stereocenters. The van der Waals surface area contributed by atoms with Crippen LogP contribution in [0.3, 0.4) is 0 Å². The number of nitrogens with one attached hydrogen (secondary N) is 1. The van der Waals surface area contributed by atoms with Gasteiger partial charge in [0, 0.05) is 24.0 Å². The first-order valence-electron chi connectivity index (χ1n) is 8.19. The second kappa shape index (κ2) is 8.14. The molecular weight excluding hydrogens is 331 g/mol. The fraction of sp³-hybridized carbons (Fsp3) is 0.200. The van der Waals surface area contributed by atoms with Gasteiger partial charge in [-0.3, -0.25) is 0 Å². The molecule has 1 aliphatic heterocycles. The smallest absolute Gasteiger partial charge is 0.242 e. The first-order chi connectivity index (χ1) is 11.8. The molecule has 1 aromatic carbocycles. The summed E-state index contributed by atoms with van der Waals surface area (Å²) in [5.41, 5.74) is 9.00. The number of halogens is 1. The van der Waals surface area contributed by atoms with E-state index >= 15 is 0 Å². The summed E-state index contributed by atoms with van der Waals surface area (Å²) in [5.74, 6) is 0.260. The monoisotopic (exact) mass is 356 g/mol. The lowest BCUT2D eigenvalue weighted by Crippen LogP contribution is -2.26. The van der Waals surface area contributed by atoms with E-state index in [1.807, 2.05) is 36.6 Å². The summed E-state index contributed by atoms with van der Waals surface area (Å²) in [5, 5.41) is 3.22. The van der Waals surface area contributed by atoms with Gasteiger partial charge in [-0.1, -0.05) is 24.8 Å². The maximum absolute atomic E-state index is 13.7. The SMILES string of the molecule is C=C(O[Si](C)(C)C)C(=Cc1cc(F)ccc1CN)C1=CC=CC=CN1. The zero-order valence-corrected chi connectivity index (χ0v) is 16.0. The van der Waals surface area contributed by atoms with E-state index in [-0.39, 0.29) is 5.82 Å². The van der Waals surface area contributed by atoms with Crippen LogP contribution < -0.4 is 11.1 Å². The van der Waals surface area contributed by atoms with Crippen molar-refractivity contribution in [2.45, 2.75) is 26.2 Å². The van der Waals surface area contributed by atoms with Gasteiger partial charge in [-0.2, -0.15) is 0 Å². The summed E-state index contributed by atoms with van der Waals surface area (Å²) in [6, 6.07) is 4.60. The van der Waals surface area contributed by atoms with E-state index < -0.39 is 8.32 Å². The van der Waals surface area contributed by atoms with Crippen LogP contribution in [-0.4, -0.2) is 8.32 Å². The number of allylic oxidation sites excluding steroid dienone is 4. The highest BCUT2D eigenvalue weighted by atomic mass is 28.4. The molecule has 0 radical (unpaired) electrons. The van der Waals surface area contributed by atoms with Crippen LogP contribution in [0.4, 0.5) is 4.39 Å². The Morgan fingerprint density at radius 1 is 1.28 bits per heavy atom. The topological polar surface area (TPSA) is 47.3 Å². The zero-order valence-electron chi connectivity index (χ0n) is 15.0. The summed E-state index contributed by atoms with van der Waals surface area (Å²) in [6.07, 6.45) is 11.4. The minimum Gasteiger partial charge on any atom is -0.544 e. The Kier molecular flexibility index (Phi) is 6.17. The van der Waals surface area contributed by atoms with Crippen molar-refractivity contribution in [2.24, 2.45) is 5.73 Å². The molecule has 1 aliphatic rings. The standard InChI is InChI=1S/C20H25FN2OSi/c1-15(24-25(2,3)4)19(20-8-6-5-7-11-23-20)13-17-12-18(21)10-9-16(17)14-22/h5-13,23H,1,14,22H2,2-4H3. The van der Waals surface area contributed by atoms with Crippen LogP contribution in [0, 0.1) is 5.82 Å². The van der Waals surface area contributed by atoms with Gasteiger partial charge in [-0.25, -0.2) is 4.39 Å². The second-order valence-corrected chi connectivity index (χ2v) is 11.1. The van der Waals surface area contributed by atoms with Gasteiger partial charge in [0.1, 0.15) is 11.6 Å².